The predicted octanol–water partition coefficient (Wildman–Crippen LogP) is 2.26. The Morgan fingerprint density at radius 3 is 2.40 bits per heavy atom. The lowest BCUT2D eigenvalue weighted by atomic mass is 10.3. The van der Waals surface area contributed by atoms with Crippen molar-refractivity contribution in [2.24, 2.45) is 5.73 Å². The van der Waals surface area contributed by atoms with E-state index in [2.05, 4.69) is 18.7 Å². The van der Waals surface area contributed by atoms with Crippen LogP contribution in [0.2, 0.25) is 0 Å². The molecule has 0 bridgehead atoms. The molecule has 0 unspecified atom stereocenters. The Labute approximate surface area is 68.8 Å². The number of hydrogen-bond donors (Lipinski definition) is 1. The van der Waals surface area contributed by atoms with Gasteiger partial charge in [0.15, 0.2) is 0 Å². The molecule has 0 aliphatic rings. The summed E-state index contributed by atoms with van der Waals surface area (Å²) in [5.41, 5.74) is 5.36. The first-order chi connectivity index (χ1) is 4.91. The van der Waals surface area contributed by atoms with E-state index in [-0.39, 0.29) is 0 Å². The van der Waals surface area contributed by atoms with Gasteiger partial charge in [0.25, 0.3) is 0 Å². The average molecular weight is 161 g/mol. The van der Waals surface area contributed by atoms with Gasteiger partial charge >= 0.3 is 0 Å². The summed E-state index contributed by atoms with van der Waals surface area (Å²) in [6.07, 6.45) is 5.18. The van der Waals surface area contributed by atoms with Gasteiger partial charge in [0.2, 0.25) is 0 Å². The zero-order valence-electron chi connectivity index (χ0n) is 6.94. The van der Waals surface area contributed by atoms with E-state index in [0.717, 1.165) is 6.54 Å². The van der Waals surface area contributed by atoms with E-state index < -0.39 is 0 Å². The van der Waals surface area contributed by atoms with Crippen LogP contribution in [0.5, 0.6) is 0 Å². The van der Waals surface area contributed by atoms with Crippen molar-refractivity contribution >= 4 is 11.8 Å². The van der Waals surface area contributed by atoms with Crippen LogP contribution in [0.4, 0.5) is 0 Å². The van der Waals surface area contributed by atoms with Gasteiger partial charge in [-0.15, -0.1) is 0 Å². The summed E-state index contributed by atoms with van der Waals surface area (Å²) >= 11 is 2.06. The average Bonchev–Trinajstić information content (AvgIpc) is 1.97. The van der Waals surface area contributed by atoms with Crippen LogP contribution < -0.4 is 5.73 Å². The van der Waals surface area contributed by atoms with Gasteiger partial charge < -0.3 is 5.73 Å². The van der Waals surface area contributed by atoms with Crippen molar-refractivity contribution in [2.45, 2.75) is 32.6 Å². The number of thioether (sulfide) groups is 1. The standard InChI is InChI=1S/C8H19NS/c1-2-3-7-10-8-5-4-6-9/h2-9H2,1H3. The highest BCUT2D eigenvalue weighted by molar-refractivity contribution is 7.99. The lowest BCUT2D eigenvalue weighted by Gasteiger charge is -1.98. The quantitative estimate of drug-likeness (QED) is 0.580. The summed E-state index contributed by atoms with van der Waals surface area (Å²) < 4.78 is 0. The van der Waals surface area contributed by atoms with Gasteiger partial charge in [-0.05, 0) is 37.3 Å². The fraction of sp³-hybridized carbons (Fsp3) is 1.00. The third-order valence-electron chi connectivity index (χ3n) is 1.39. The normalized spacial score (nSPS) is 10.2. The molecule has 0 rings (SSSR count). The number of nitrogens with two attached hydrogens (primary N) is 1. The highest BCUT2D eigenvalue weighted by atomic mass is 32.2. The molecule has 0 aliphatic heterocycles. The van der Waals surface area contributed by atoms with Gasteiger partial charge in [0.05, 0.1) is 0 Å². The smallest absolute Gasteiger partial charge is 0.00671 e. The highest BCUT2D eigenvalue weighted by Crippen LogP contribution is 2.06. The molecule has 0 fully saturated rings. The van der Waals surface area contributed by atoms with Crippen LogP contribution in [0.15, 0.2) is 0 Å². The molecule has 0 heterocycles. The molecule has 0 aromatic heterocycles. The molecule has 0 atom stereocenters. The van der Waals surface area contributed by atoms with Crippen LogP contribution in [0.1, 0.15) is 32.6 Å². The van der Waals surface area contributed by atoms with Gasteiger partial charge in [-0.3, -0.25) is 0 Å². The summed E-state index contributed by atoms with van der Waals surface area (Å²) in [4.78, 5) is 0. The highest BCUT2D eigenvalue weighted by Gasteiger charge is 1.87. The van der Waals surface area contributed by atoms with E-state index >= 15 is 0 Å². The van der Waals surface area contributed by atoms with Crippen LogP contribution in [0, 0.1) is 0 Å². The van der Waals surface area contributed by atoms with Crippen LogP contribution >= 0.6 is 11.8 Å². The minimum absolute atomic E-state index is 0.855. The zero-order valence-corrected chi connectivity index (χ0v) is 7.75. The van der Waals surface area contributed by atoms with Crippen LogP contribution in [-0.2, 0) is 0 Å². The summed E-state index contributed by atoms with van der Waals surface area (Å²) in [7, 11) is 0. The van der Waals surface area contributed by atoms with Crippen molar-refractivity contribution in [3.63, 3.8) is 0 Å². The fourth-order valence-corrected chi connectivity index (χ4v) is 1.80. The monoisotopic (exact) mass is 161 g/mol. The molecule has 10 heavy (non-hydrogen) atoms. The van der Waals surface area contributed by atoms with E-state index in [4.69, 9.17) is 5.73 Å². The summed E-state index contributed by atoms with van der Waals surface area (Å²) in [6.45, 7) is 3.09. The second-order valence-corrected chi connectivity index (χ2v) is 3.69. The second kappa shape index (κ2) is 9.31. The zero-order chi connectivity index (χ0) is 7.66. The maximum atomic E-state index is 5.36. The first kappa shape index (κ1) is 10.3. The van der Waals surface area contributed by atoms with Crippen LogP contribution in [0.3, 0.4) is 0 Å². The van der Waals surface area contributed by atoms with Crippen LogP contribution in [0.25, 0.3) is 0 Å². The summed E-state index contributed by atoms with van der Waals surface area (Å²) in [6, 6.07) is 0. The Bertz CT molecular complexity index is 49.2. The third-order valence-corrected chi connectivity index (χ3v) is 2.54. The summed E-state index contributed by atoms with van der Waals surface area (Å²) in [5, 5.41) is 0. The van der Waals surface area contributed by atoms with Crippen molar-refractivity contribution in [1.82, 2.24) is 0 Å². The van der Waals surface area contributed by atoms with Gasteiger partial charge in [-0.25, -0.2) is 0 Å². The minimum Gasteiger partial charge on any atom is -0.330 e. The molecule has 2 N–H and O–H groups in total. The number of rotatable bonds is 7. The first-order valence-electron chi connectivity index (χ1n) is 4.19. The topological polar surface area (TPSA) is 26.0 Å². The molecule has 0 aromatic carbocycles. The first-order valence-corrected chi connectivity index (χ1v) is 5.35. The van der Waals surface area contributed by atoms with E-state index in [1.165, 1.54) is 37.2 Å². The Morgan fingerprint density at radius 2 is 1.80 bits per heavy atom. The Morgan fingerprint density at radius 1 is 1.10 bits per heavy atom. The van der Waals surface area contributed by atoms with Crippen molar-refractivity contribution in [2.75, 3.05) is 18.1 Å². The molecule has 1 nitrogen and oxygen atoms in total. The molecular weight excluding hydrogens is 142 g/mol. The molecule has 0 saturated heterocycles. The largest absolute Gasteiger partial charge is 0.330 e. The van der Waals surface area contributed by atoms with E-state index in [0.29, 0.717) is 0 Å². The number of unbranched alkanes of at least 4 members (excludes halogenated alkanes) is 2. The molecule has 62 valence electrons. The fourth-order valence-electron chi connectivity index (χ4n) is 0.697. The summed E-state index contributed by atoms with van der Waals surface area (Å²) in [5.74, 6) is 2.64. The van der Waals surface area contributed by atoms with Crippen molar-refractivity contribution in [1.29, 1.82) is 0 Å². The van der Waals surface area contributed by atoms with Crippen molar-refractivity contribution in [3.05, 3.63) is 0 Å². The van der Waals surface area contributed by atoms with Crippen molar-refractivity contribution < 1.29 is 0 Å². The van der Waals surface area contributed by atoms with Crippen LogP contribution in [-0.4, -0.2) is 18.1 Å². The molecular formula is C8H19NS. The molecule has 0 amide bonds. The number of hydrogen-bond acceptors (Lipinski definition) is 2. The molecule has 0 spiro atoms. The minimum atomic E-state index is 0.855. The van der Waals surface area contributed by atoms with Gasteiger partial charge in [0.1, 0.15) is 0 Å². The van der Waals surface area contributed by atoms with E-state index in [1.807, 2.05) is 0 Å². The van der Waals surface area contributed by atoms with Crippen molar-refractivity contribution in [3.8, 4) is 0 Å². The Hall–Kier alpha value is 0.310. The molecule has 0 aromatic rings. The molecule has 2 heteroatoms. The molecule has 0 aliphatic carbocycles. The molecule has 0 saturated carbocycles. The van der Waals surface area contributed by atoms with Gasteiger partial charge in [-0.1, -0.05) is 13.3 Å². The predicted molar refractivity (Wildman–Crippen MR) is 50.5 cm³/mol. The SMILES string of the molecule is CCCCSCCCCN. The maximum absolute atomic E-state index is 5.36. The maximum Gasteiger partial charge on any atom is -0.00671 e. The van der Waals surface area contributed by atoms with E-state index in [1.54, 1.807) is 0 Å². The van der Waals surface area contributed by atoms with Gasteiger partial charge in [0, 0.05) is 0 Å². The lowest BCUT2D eigenvalue weighted by molar-refractivity contribution is 0.812. The molecule has 0 radical (unpaired) electrons. The Kier molecular flexibility index (Phi) is 9.60. The lowest BCUT2D eigenvalue weighted by Crippen LogP contribution is -1.98. The van der Waals surface area contributed by atoms with E-state index in [9.17, 15) is 0 Å². The second-order valence-electron chi connectivity index (χ2n) is 2.46. The Balaban J connectivity index is 2.65. The van der Waals surface area contributed by atoms with Gasteiger partial charge in [-0.2, -0.15) is 11.8 Å². The third kappa shape index (κ3) is 8.31.